The van der Waals surface area contributed by atoms with E-state index in [1.165, 1.54) is 16.5 Å². The summed E-state index contributed by atoms with van der Waals surface area (Å²) in [7, 11) is 2.08. The number of carbonyl (C=O) groups is 2. The van der Waals surface area contributed by atoms with Gasteiger partial charge in [-0.1, -0.05) is 25.5 Å². The zero-order valence-corrected chi connectivity index (χ0v) is 23.7. The summed E-state index contributed by atoms with van der Waals surface area (Å²) in [6.45, 7) is 6.21. The third kappa shape index (κ3) is 6.35. The number of anilines is 2. The first kappa shape index (κ1) is 28.5. The lowest BCUT2D eigenvalue weighted by Crippen LogP contribution is -2.45. The van der Waals surface area contributed by atoms with E-state index in [9.17, 15) is 18.8 Å². The van der Waals surface area contributed by atoms with E-state index in [1.54, 1.807) is 23.2 Å². The molecule has 4 heterocycles. The van der Waals surface area contributed by atoms with Crippen molar-refractivity contribution < 1.29 is 18.7 Å². The lowest BCUT2D eigenvalue weighted by atomic mass is 10.1. The zero-order valence-electron chi connectivity index (χ0n) is 23.7. The average Bonchev–Trinajstić information content (AvgIpc) is 2.98. The van der Waals surface area contributed by atoms with Gasteiger partial charge in [-0.25, -0.2) is 9.37 Å². The minimum absolute atomic E-state index is 0.0338. The van der Waals surface area contributed by atoms with Crippen LogP contribution < -0.4 is 25.4 Å². The van der Waals surface area contributed by atoms with Crippen molar-refractivity contribution in [1.82, 2.24) is 19.6 Å². The molecular weight excluding hydrogens is 527 g/mol. The molecule has 0 unspecified atom stereocenters. The summed E-state index contributed by atoms with van der Waals surface area (Å²) >= 11 is 0. The number of pyridine rings is 1. The Morgan fingerprint density at radius 1 is 1.07 bits per heavy atom. The van der Waals surface area contributed by atoms with Gasteiger partial charge in [-0.15, -0.1) is 0 Å². The Morgan fingerprint density at radius 2 is 1.83 bits per heavy atom. The predicted octanol–water partition coefficient (Wildman–Crippen LogP) is 3.21. The van der Waals surface area contributed by atoms with Gasteiger partial charge in [-0.05, 0) is 50.1 Å². The van der Waals surface area contributed by atoms with Crippen molar-refractivity contribution in [3.63, 3.8) is 0 Å². The summed E-state index contributed by atoms with van der Waals surface area (Å²) in [5, 5.41) is 2.79. The Bertz CT molecular complexity index is 1470. The summed E-state index contributed by atoms with van der Waals surface area (Å²) in [6, 6.07) is 7.71. The van der Waals surface area contributed by atoms with Crippen LogP contribution in [0.5, 0.6) is 5.75 Å². The summed E-state index contributed by atoms with van der Waals surface area (Å²) in [5.74, 6) is -1.11. The molecule has 2 aliphatic rings. The molecule has 0 radical (unpaired) electrons. The first-order valence-electron chi connectivity index (χ1n) is 14.4. The molecular formula is C30H37FN6O4. The van der Waals surface area contributed by atoms with Crippen LogP contribution in [0.15, 0.2) is 41.3 Å². The van der Waals surface area contributed by atoms with Crippen LogP contribution in [0.25, 0.3) is 5.65 Å². The van der Waals surface area contributed by atoms with E-state index in [-0.39, 0.29) is 42.0 Å². The maximum Gasteiger partial charge on any atom is 0.301 e. The number of hydrogen-bond acceptors (Lipinski definition) is 7. The van der Waals surface area contributed by atoms with E-state index in [2.05, 4.69) is 22.2 Å². The van der Waals surface area contributed by atoms with Gasteiger partial charge in [-0.2, -0.15) is 0 Å². The minimum Gasteiger partial charge on any atom is -0.486 e. The fourth-order valence-electron chi connectivity index (χ4n) is 5.16. The van der Waals surface area contributed by atoms with E-state index >= 15 is 0 Å². The summed E-state index contributed by atoms with van der Waals surface area (Å²) in [6.07, 6.45) is 5.35. The maximum absolute atomic E-state index is 14.0. The number of nitrogens with one attached hydrogen (secondary N) is 1. The standard InChI is InChI=1S/C30H37FN6O4/c1-3-4-17-41-27-26(29(39)32-19-21-8-10-22(31)11-9-21)33-28-24(36-12-6-5-7-25(36)38)18-23(20-37(28)30(27)40)35-15-13-34(2)14-16-35/h8-11,18,20H,3-7,12-17,19H2,1-2H3,(H,32,39). The smallest absolute Gasteiger partial charge is 0.301 e. The van der Waals surface area contributed by atoms with E-state index in [0.29, 0.717) is 30.6 Å². The van der Waals surface area contributed by atoms with E-state index in [4.69, 9.17) is 9.72 Å². The molecule has 1 aromatic carbocycles. The second-order valence-electron chi connectivity index (χ2n) is 10.7. The number of piperidine rings is 1. The van der Waals surface area contributed by atoms with Gasteiger partial charge in [0.15, 0.2) is 11.3 Å². The molecule has 218 valence electrons. The number of likely N-dealkylation sites (N-methyl/N-ethyl adjacent to an activating group) is 1. The zero-order chi connectivity index (χ0) is 28.9. The fraction of sp³-hybridized carbons (Fsp3) is 0.467. The molecule has 2 saturated heterocycles. The van der Waals surface area contributed by atoms with Crippen molar-refractivity contribution in [3.8, 4) is 5.75 Å². The lowest BCUT2D eigenvalue weighted by Gasteiger charge is -2.35. The molecule has 5 rings (SSSR count). The van der Waals surface area contributed by atoms with Crippen molar-refractivity contribution in [2.45, 2.75) is 45.6 Å². The number of fused-ring (bicyclic) bond motifs is 1. The number of benzene rings is 1. The Hall–Kier alpha value is -3.99. The van der Waals surface area contributed by atoms with Gasteiger partial charge in [-0.3, -0.25) is 18.8 Å². The fourth-order valence-corrected chi connectivity index (χ4v) is 5.16. The number of hydrogen-bond donors (Lipinski definition) is 1. The third-order valence-corrected chi connectivity index (χ3v) is 7.66. The molecule has 2 amide bonds. The molecule has 41 heavy (non-hydrogen) atoms. The van der Waals surface area contributed by atoms with Crippen LogP contribution in [0.1, 0.15) is 55.1 Å². The van der Waals surface area contributed by atoms with Crippen molar-refractivity contribution in [1.29, 1.82) is 0 Å². The third-order valence-electron chi connectivity index (χ3n) is 7.66. The molecule has 0 saturated carbocycles. The Kier molecular flexibility index (Phi) is 8.82. The van der Waals surface area contributed by atoms with E-state index < -0.39 is 11.5 Å². The van der Waals surface area contributed by atoms with Crippen molar-refractivity contribution >= 4 is 28.8 Å². The number of aromatic nitrogens is 2. The second-order valence-corrected chi connectivity index (χ2v) is 10.7. The van der Waals surface area contributed by atoms with Crippen LogP contribution >= 0.6 is 0 Å². The summed E-state index contributed by atoms with van der Waals surface area (Å²) < 4.78 is 20.7. The Labute approximate surface area is 238 Å². The van der Waals surface area contributed by atoms with Crippen LogP contribution in [-0.4, -0.2) is 72.5 Å². The molecule has 0 spiro atoms. The SMILES string of the molecule is CCCCOc1c(C(=O)NCc2ccc(F)cc2)nc2c(N3CCCCC3=O)cc(N3CCN(C)CC3)cn2c1=O. The highest BCUT2D eigenvalue weighted by Crippen LogP contribution is 2.31. The molecule has 0 atom stereocenters. The van der Waals surface area contributed by atoms with Gasteiger partial charge in [0.25, 0.3) is 5.91 Å². The van der Waals surface area contributed by atoms with Gasteiger partial charge >= 0.3 is 5.56 Å². The van der Waals surface area contributed by atoms with E-state index in [1.807, 2.05) is 13.0 Å². The average molecular weight is 565 g/mol. The van der Waals surface area contributed by atoms with Crippen molar-refractivity contribution in [3.05, 3.63) is 64.0 Å². The van der Waals surface area contributed by atoms with E-state index in [0.717, 1.165) is 51.1 Å². The molecule has 2 aromatic heterocycles. The normalized spacial score (nSPS) is 16.3. The highest BCUT2D eigenvalue weighted by Gasteiger charge is 2.28. The number of ether oxygens (including phenoxy) is 1. The first-order valence-corrected chi connectivity index (χ1v) is 14.4. The number of piperazine rings is 1. The van der Waals surface area contributed by atoms with Crippen molar-refractivity contribution in [2.75, 3.05) is 56.2 Å². The molecule has 10 nitrogen and oxygen atoms in total. The number of nitrogens with zero attached hydrogens (tertiary/aromatic N) is 5. The Morgan fingerprint density at radius 3 is 2.54 bits per heavy atom. The topological polar surface area (TPSA) is 99.5 Å². The van der Waals surface area contributed by atoms with Gasteiger partial charge in [0.2, 0.25) is 11.7 Å². The number of carbonyl (C=O) groups excluding carboxylic acids is 2. The van der Waals surface area contributed by atoms with Crippen LogP contribution in [0.3, 0.4) is 0 Å². The van der Waals surface area contributed by atoms with Crippen molar-refractivity contribution in [2.24, 2.45) is 0 Å². The molecule has 2 fully saturated rings. The molecule has 0 bridgehead atoms. The van der Waals surface area contributed by atoms with Crippen LogP contribution in [-0.2, 0) is 11.3 Å². The van der Waals surface area contributed by atoms with Crippen LogP contribution in [0.2, 0.25) is 0 Å². The number of amides is 2. The predicted molar refractivity (Wildman–Crippen MR) is 155 cm³/mol. The molecule has 11 heteroatoms. The number of rotatable bonds is 9. The van der Waals surface area contributed by atoms with Crippen LogP contribution in [0.4, 0.5) is 15.8 Å². The molecule has 3 aromatic rings. The molecule has 1 N–H and O–H groups in total. The summed E-state index contributed by atoms with van der Waals surface area (Å²) in [5.41, 5.74) is 1.62. The quantitative estimate of drug-likeness (QED) is 0.399. The van der Waals surface area contributed by atoms with Gasteiger partial charge in [0, 0.05) is 51.9 Å². The highest BCUT2D eigenvalue weighted by molar-refractivity contribution is 6.00. The summed E-state index contributed by atoms with van der Waals surface area (Å²) in [4.78, 5) is 51.4. The molecule has 2 aliphatic heterocycles. The van der Waals surface area contributed by atoms with Gasteiger partial charge < -0.3 is 24.8 Å². The number of halogens is 1. The largest absolute Gasteiger partial charge is 0.486 e. The lowest BCUT2D eigenvalue weighted by molar-refractivity contribution is -0.119. The van der Waals surface area contributed by atoms with Gasteiger partial charge in [0.1, 0.15) is 5.82 Å². The second kappa shape index (κ2) is 12.7. The monoisotopic (exact) mass is 564 g/mol. The Balaban J connectivity index is 1.61. The first-order chi connectivity index (χ1) is 19.9. The number of unbranched alkanes of at least 4 members (excludes halogenated alkanes) is 1. The molecule has 0 aliphatic carbocycles. The maximum atomic E-state index is 14.0. The van der Waals surface area contributed by atoms with Crippen LogP contribution in [0, 0.1) is 5.82 Å². The highest BCUT2D eigenvalue weighted by atomic mass is 19.1. The minimum atomic E-state index is -0.584. The van der Waals surface area contributed by atoms with Gasteiger partial charge in [0.05, 0.1) is 18.0 Å².